The van der Waals surface area contributed by atoms with Crippen molar-refractivity contribution in [2.24, 2.45) is 4.99 Å². The van der Waals surface area contributed by atoms with Crippen molar-refractivity contribution in [2.75, 3.05) is 44.2 Å². The monoisotopic (exact) mass is 557 g/mol. The molecular formula is C19H24F4IN5S. The Kier molecular flexibility index (Phi) is 9.13. The third kappa shape index (κ3) is 6.43. The summed E-state index contributed by atoms with van der Waals surface area (Å²) in [5.74, 6) is 0.483. The molecule has 0 bridgehead atoms. The SMILES string of the molecule is CCNC(=NCCc1nc(C(F)(F)F)cs1)N1CCN(c2ccccc2F)CC1.I. The Labute approximate surface area is 194 Å². The van der Waals surface area contributed by atoms with Crippen LogP contribution in [0.1, 0.15) is 17.6 Å². The zero-order valence-electron chi connectivity index (χ0n) is 16.5. The summed E-state index contributed by atoms with van der Waals surface area (Å²) < 4.78 is 51.9. The second-order valence-electron chi connectivity index (χ2n) is 6.54. The Hall–Kier alpha value is -1.63. The molecule has 0 radical (unpaired) electrons. The molecule has 1 saturated heterocycles. The molecule has 1 aliphatic rings. The Morgan fingerprint density at radius 3 is 2.50 bits per heavy atom. The van der Waals surface area contributed by atoms with Gasteiger partial charge in [0.1, 0.15) is 5.82 Å². The molecule has 30 heavy (non-hydrogen) atoms. The van der Waals surface area contributed by atoms with E-state index in [4.69, 9.17) is 0 Å². The van der Waals surface area contributed by atoms with Gasteiger partial charge < -0.3 is 15.1 Å². The zero-order valence-corrected chi connectivity index (χ0v) is 19.6. The van der Waals surface area contributed by atoms with Gasteiger partial charge in [-0.3, -0.25) is 4.99 Å². The van der Waals surface area contributed by atoms with Crippen LogP contribution in [-0.2, 0) is 12.6 Å². The summed E-state index contributed by atoms with van der Waals surface area (Å²) in [6, 6.07) is 6.72. The van der Waals surface area contributed by atoms with Crippen molar-refractivity contribution in [3.05, 3.63) is 46.2 Å². The first-order valence-electron chi connectivity index (χ1n) is 9.43. The lowest BCUT2D eigenvalue weighted by Crippen LogP contribution is -2.52. The molecule has 0 aliphatic carbocycles. The molecule has 2 aromatic rings. The van der Waals surface area contributed by atoms with Crippen molar-refractivity contribution in [2.45, 2.75) is 19.5 Å². The third-order valence-corrected chi connectivity index (χ3v) is 5.45. The van der Waals surface area contributed by atoms with Gasteiger partial charge >= 0.3 is 6.18 Å². The topological polar surface area (TPSA) is 43.8 Å². The lowest BCUT2D eigenvalue weighted by molar-refractivity contribution is -0.140. The fourth-order valence-corrected chi connectivity index (χ4v) is 3.90. The van der Waals surface area contributed by atoms with E-state index in [0.717, 1.165) is 16.7 Å². The normalized spacial score (nSPS) is 15.2. The highest BCUT2D eigenvalue weighted by atomic mass is 127. The summed E-state index contributed by atoms with van der Waals surface area (Å²) in [7, 11) is 0. The first kappa shape index (κ1) is 24.6. The Morgan fingerprint density at radius 1 is 1.20 bits per heavy atom. The van der Waals surface area contributed by atoms with Crippen LogP contribution in [0, 0.1) is 5.82 Å². The van der Waals surface area contributed by atoms with E-state index in [2.05, 4.69) is 20.2 Å². The second kappa shape index (κ2) is 11.1. The van der Waals surface area contributed by atoms with Crippen molar-refractivity contribution < 1.29 is 17.6 Å². The molecule has 1 N–H and O–H groups in total. The fourth-order valence-electron chi connectivity index (χ4n) is 3.11. The molecule has 1 aliphatic heterocycles. The molecule has 0 amide bonds. The molecule has 11 heteroatoms. The van der Waals surface area contributed by atoms with Gasteiger partial charge in [-0.25, -0.2) is 9.37 Å². The van der Waals surface area contributed by atoms with Gasteiger partial charge in [-0.05, 0) is 19.1 Å². The van der Waals surface area contributed by atoms with Crippen LogP contribution in [-0.4, -0.2) is 55.1 Å². The molecule has 3 rings (SSSR count). The van der Waals surface area contributed by atoms with Crippen LogP contribution in [0.4, 0.5) is 23.2 Å². The predicted molar refractivity (Wildman–Crippen MR) is 122 cm³/mol. The molecule has 1 fully saturated rings. The van der Waals surface area contributed by atoms with E-state index < -0.39 is 11.9 Å². The molecule has 0 unspecified atom stereocenters. The largest absolute Gasteiger partial charge is 0.434 e. The van der Waals surface area contributed by atoms with Crippen LogP contribution in [0.5, 0.6) is 0 Å². The maximum atomic E-state index is 14.0. The molecule has 2 heterocycles. The van der Waals surface area contributed by atoms with Gasteiger partial charge in [0.15, 0.2) is 11.7 Å². The average Bonchev–Trinajstić information content (AvgIpc) is 3.17. The summed E-state index contributed by atoms with van der Waals surface area (Å²) in [6.07, 6.45) is -4.06. The number of anilines is 1. The number of para-hydroxylation sites is 1. The highest BCUT2D eigenvalue weighted by Gasteiger charge is 2.33. The number of nitrogens with one attached hydrogen (secondary N) is 1. The number of aliphatic imine (C=N–C) groups is 1. The first-order valence-corrected chi connectivity index (χ1v) is 10.3. The summed E-state index contributed by atoms with van der Waals surface area (Å²) >= 11 is 1.000. The Morgan fingerprint density at radius 2 is 1.90 bits per heavy atom. The van der Waals surface area contributed by atoms with Gasteiger partial charge in [0, 0.05) is 51.1 Å². The van der Waals surface area contributed by atoms with Crippen molar-refractivity contribution in [1.29, 1.82) is 0 Å². The highest BCUT2D eigenvalue weighted by Crippen LogP contribution is 2.30. The van der Waals surface area contributed by atoms with Gasteiger partial charge in [-0.1, -0.05) is 12.1 Å². The summed E-state index contributed by atoms with van der Waals surface area (Å²) in [5.41, 5.74) is -0.254. The van der Waals surface area contributed by atoms with Crippen LogP contribution >= 0.6 is 35.3 Å². The van der Waals surface area contributed by atoms with Gasteiger partial charge in [-0.2, -0.15) is 13.2 Å². The van der Waals surface area contributed by atoms with Crippen LogP contribution in [0.15, 0.2) is 34.6 Å². The standard InChI is InChI=1S/C19H23F4N5S.HI/c1-2-24-18(25-8-7-17-26-16(13-29-17)19(21,22)23)28-11-9-27(10-12-28)15-6-4-3-5-14(15)20;/h3-6,13H,2,7-12H2,1H3,(H,24,25);1H. The molecule has 0 atom stereocenters. The number of guanidine groups is 1. The number of halogens is 5. The number of aromatic nitrogens is 1. The van der Waals surface area contributed by atoms with Crippen molar-refractivity contribution in [3.8, 4) is 0 Å². The molecule has 5 nitrogen and oxygen atoms in total. The smallest absolute Gasteiger partial charge is 0.366 e. The Balaban J connectivity index is 0.00000320. The summed E-state index contributed by atoms with van der Waals surface area (Å²) in [6.45, 7) is 5.66. The molecule has 166 valence electrons. The minimum atomic E-state index is -4.41. The van der Waals surface area contributed by atoms with E-state index in [-0.39, 0.29) is 29.8 Å². The zero-order chi connectivity index (χ0) is 20.9. The highest BCUT2D eigenvalue weighted by molar-refractivity contribution is 14.0. The molecule has 1 aromatic heterocycles. The maximum Gasteiger partial charge on any atom is 0.434 e. The number of benzene rings is 1. The van der Waals surface area contributed by atoms with Crippen molar-refractivity contribution in [1.82, 2.24) is 15.2 Å². The number of rotatable bonds is 5. The van der Waals surface area contributed by atoms with Crippen molar-refractivity contribution >= 4 is 47.0 Å². The van der Waals surface area contributed by atoms with E-state index >= 15 is 0 Å². The van der Waals surface area contributed by atoms with E-state index in [0.29, 0.717) is 62.3 Å². The van der Waals surface area contributed by atoms with Gasteiger partial charge in [0.25, 0.3) is 0 Å². The second-order valence-corrected chi connectivity index (χ2v) is 7.48. The van der Waals surface area contributed by atoms with E-state index in [1.807, 2.05) is 17.9 Å². The number of alkyl halides is 3. The lowest BCUT2D eigenvalue weighted by atomic mass is 10.2. The average molecular weight is 557 g/mol. The number of hydrogen-bond donors (Lipinski definition) is 1. The molecular weight excluding hydrogens is 533 g/mol. The quantitative estimate of drug-likeness (QED) is 0.259. The molecule has 0 saturated carbocycles. The summed E-state index contributed by atoms with van der Waals surface area (Å²) in [5, 5.41) is 4.67. The number of hydrogen-bond acceptors (Lipinski definition) is 4. The lowest BCUT2D eigenvalue weighted by Gasteiger charge is -2.37. The first-order chi connectivity index (χ1) is 13.9. The van der Waals surface area contributed by atoms with Crippen LogP contribution in [0.25, 0.3) is 0 Å². The van der Waals surface area contributed by atoms with Crippen molar-refractivity contribution in [3.63, 3.8) is 0 Å². The number of nitrogens with zero attached hydrogens (tertiary/aromatic N) is 4. The number of thiazole rings is 1. The molecule has 0 spiro atoms. The van der Waals surface area contributed by atoms with Gasteiger partial charge in [0.05, 0.1) is 10.7 Å². The third-order valence-electron chi connectivity index (χ3n) is 4.54. The molecule has 1 aromatic carbocycles. The van der Waals surface area contributed by atoms with Crippen LogP contribution in [0.3, 0.4) is 0 Å². The predicted octanol–water partition coefficient (Wildman–Crippen LogP) is 4.25. The fraction of sp³-hybridized carbons (Fsp3) is 0.474. The van der Waals surface area contributed by atoms with Gasteiger partial charge in [0.2, 0.25) is 0 Å². The minimum absolute atomic E-state index is 0. The van der Waals surface area contributed by atoms with E-state index in [1.54, 1.807) is 12.1 Å². The minimum Gasteiger partial charge on any atom is -0.366 e. The summed E-state index contributed by atoms with van der Waals surface area (Å²) in [4.78, 5) is 12.3. The number of piperazine rings is 1. The van der Waals surface area contributed by atoms with E-state index in [9.17, 15) is 17.6 Å². The van der Waals surface area contributed by atoms with Crippen LogP contribution in [0.2, 0.25) is 0 Å². The van der Waals surface area contributed by atoms with Crippen LogP contribution < -0.4 is 10.2 Å². The van der Waals surface area contributed by atoms with E-state index in [1.165, 1.54) is 6.07 Å². The van der Waals surface area contributed by atoms with Gasteiger partial charge in [-0.15, -0.1) is 35.3 Å². The maximum absolute atomic E-state index is 14.0. The Bertz CT molecular complexity index is 834.